The van der Waals surface area contributed by atoms with E-state index in [1.165, 1.54) is 0 Å². The number of carbonyl (C=O) groups is 3. The summed E-state index contributed by atoms with van der Waals surface area (Å²) in [6.07, 6.45) is -5.88. The highest BCUT2D eigenvalue weighted by Gasteiger charge is 2.60. The molecule has 1 aliphatic heterocycles. The van der Waals surface area contributed by atoms with Gasteiger partial charge in [-0.1, -0.05) is 97.6 Å². The van der Waals surface area contributed by atoms with Crippen molar-refractivity contribution in [2.75, 3.05) is 55.3 Å². The number of nitrogens with two attached hydrogens (primary N) is 1. The Balaban J connectivity index is 2.33. The van der Waals surface area contributed by atoms with Crippen molar-refractivity contribution in [2.45, 2.75) is 86.7 Å². The zero-order chi connectivity index (χ0) is 40.6. The molecule has 22 heteroatoms. The molecule has 0 radical (unpaired) electrons. The summed E-state index contributed by atoms with van der Waals surface area (Å²) in [5.41, 5.74) is 2.22. The van der Waals surface area contributed by atoms with Gasteiger partial charge in [-0.25, -0.2) is 4.79 Å². The topological polar surface area (TPSA) is 213 Å². The zero-order valence-electron chi connectivity index (χ0n) is 31.3. The van der Waals surface area contributed by atoms with Crippen LogP contribution in [-0.2, 0) is 46.3 Å². The summed E-state index contributed by atoms with van der Waals surface area (Å²) in [7, 11) is -9.14. The predicted molar refractivity (Wildman–Crippen MR) is 202 cm³/mol. The Kier molecular flexibility index (Phi) is 17.5. The third-order valence-corrected chi connectivity index (χ3v) is 15.7. The van der Waals surface area contributed by atoms with Crippen molar-refractivity contribution >= 4 is 71.6 Å². The van der Waals surface area contributed by atoms with Crippen LogP contribution in [0.1, 0.15) is 68.5 Å². The van der Waals surface area contributed by atoms with E-state index in [0.717, 1.165) is 47.5 Å². The van der Waals surface area contributed by atoms with E-state index in [0.29, 0.717) is 4.57 Å². The zero-order valence-corrected chi connectivity index (χ0v) is 35.6. The summed E-state index contributed by atoms with van der Waals surface area (Å²) < 4.78 is 86.9. The minimum Gasteiger partial charge on any atom is -0.384 e. The molecule has 1 aromatic heterocycles. The number of hydrogen-bond acceptors (Lipinski definition) is 17. The van der Waals surface area contributed by atoms with Crippen molar-refractivity contribution in [3.8, 4) is 0 Å². The molecule has 53 heavy (non-hydrogen) atoms. The fourth-order valence-corrected chi connectivity index (χ4v) is 11.3. The van der Waals surface area contributed by atoms with Crippen molar-refractivity contribution in [2.24, 2.45) is 16.2 Å². The van der Waals surface area contributed by atoms with Crippen LogP contribution in [0, 0.1) is 16.2 Å². The van der Waals surface area contributed by atoms with Crippen LogP contribution in [0.15, 0.2) is 17.1 Å². The summed E-state index contributed by atoms with van der Waals surface area (Å²) >= 11 is 2.71. The van der Waals surface area contributed by atoms with Crippen LogP contribution in [-0.4, -0.2) is 97.7 Å². The van der Waals surface area contributed by atoms with Crippen molar-refractivity contribution < 1.29 is 60.2 Å². The molecule has 3 N–H and O–H groups in total. The second-order valence-electron chi connectivity index (χ2n) is 15.0. The lowest BCUT2D eigenvalue weighted by Gasteiger charge is -2.26. The molecular weight excluding hydrogens is 802 g/mol. The Hall–Kier alpha value is -1.18. The molecule has 1 aliphatic rings. The molecule has 0 amide bonds. The first kappa shape index (κ1) is 48.0. The molecule has 1 aromatic rings. The molecule has 1 saturated heterocycles. The monoisotopic (exact) mass is 853 g/mol. The van der Waals surface area contributed by atoms with Crippen molar-refractivity contribution in [3.63, 3.8) is 0 Å². The van der Waals surface area contributed by atoms with Crippen LogP contribution in [0.25, 0.3) is 0 Å². The molecule has 0 bridgehead atoms. The number of carbonyl (C=O) groups excluding carboxylic acids is 3. The molecule has 0 saturated carbocycles. The van der Waals surface area contributed by atoms with E-state index in [4.69, 9.17) is 28.6 Å². The quantitative estimate of drug-likeness (QED) is 0.127. The first-order valence-electron chi connectivity index (χ1n) is 16.5. The largest absolute Gasteiger partial charge is 0.384 e. The van der Waals surface area contributed by atoms with Gasteiger partial charge in [-0.2, -0.15) is 13.8 Å². The number of nitrogens with zero attached hydrogens (tertiary/aromatic N) is 2. The number of anilines is 1. The van der Waals surface area contributed by atoms with E-state index in [9.17, 15) is 33.4 Å². The van der Waals surface area contributed by atoms with Crippen LogP contribution >= 0.6 is 50.5 Å². The molecule has 304 valence electrons. The Morgan fingerprint density at radius 1 is 0.849 bits per heavy atom. The van der Waals surface area contributed by atoms with E-state index in [1.54, 1.807) is 62.3 Å². The predicted octanol–water partition coefficient (Wildman–Crippen LogP) is 6.05. The van der Waals surface area contributed by atoms with Crippen molar-refractivity contribution in [3.05, 3.63) is 22.7 Å². The Bertz CT molecular complexity index is 1560. The fraction of sp³-hybridized carbons (Fsp3) is 0.774. The maximum Gasteiger partial charge on any atom is 0.351 e. The fourth-order valence-electron chi connectivity index (χ4n) is 3.93. The standard InChI is InChI=1S/C31H51F2N3O12P2S3/c1-28(2,3)24(38)51-15-12-44-49(42,45-13-16-52-25(39)29(4,5)6)19-50(43,46-14-17-53-26(40)30(7,8)9)47-18-20-22(37)31(32,33)23(48-20)36-11-10-21(34)35-27(36)41/h10-11,20,22-23,37H,12-19H2,1-9H3,(H2,34,35,41)/t20-,22-,23-,50?/m1/s1. The third kappa shape index (κ3) is 15.0. The first-order chi connectivity index (χ1) is 24.1. The lowest BCUT2D eigenvalue weighted by atomic mass is 9.99. The minimum atomic E-state index is -4.68. The summed E-state index contributed by atoms with van der Waals surface area (Å²) in [5, 5.41) is 9.97. The molecule has 15 nitrogen and oxygen atoms in total. The van der Waals surface area contributed by atoms with Gasteiger partial charge >= 0.3 is 26.8 Å². The molecule has 4 atom stereocenters. The van der Waals surface area contributed by atoms with E-state index >= 15 is 8.78 Å². The molecule has 2 heterocycles. The molecule has 2 rings (SSSR count). The SMILES string of the molecule is CC(C)(C)C(=O)SCCOP(=O)(CP(=O)(OCCSC(=O)C(C)(C)C)OC[C@H]1O[C@@H](n2ccc(N)nc2=O)C(F)(F)[C@@H]1O)OCCSC(=O)C(C)(C)C. The van der Waals surface area contributed by atoms with Gasteiger partial charge in [-0.3, -0.25) is 28.1 Å². The normalized spacial score (nSPS) is 20.6. The van der Waals surface area contributed by atoms with Gasteiger partial charge in [-0.05, 0) is 6.07 Å². The van der Waals surface area contributed by atoms with Crippen LogP contribution in [0.3, 0.4) is 0 Å². The Morgan fingerprint density at radius 3 is 1.62 bits per heavy atom. The number of ether oxygens (including phenoxy) is 1. The molecule has 1 unspecified atom stereocenters. The number of nitrogen functional groups attached to an aromatic ring is 1. The van der Waals surface area contributed by atoms with Crippen LogP contribution < -0.4 is 11.4 Å². The molecule has 0 aromatic carbocycles. The number of aliphatic hydroxyl groups excluding tert-OH is 1. The number of aromatic nitrogens is 2. The van der Waals surface area contributed by atoms with Gasteiger partial charge in [0.15, 0.2) is 27.4 Å². The number of rotatable bonds is 18. The number of hydrogen-bond donors (Lipinski definition) is 2. The van der Waals surface area contributed by atoms with Crippen LogP contribution in [0.2, 0.25) is 0 Å². The molecule has 1 fully saturated rings. The first-order valence-corrected chi connectivity index (χ1v) is 22.9. The van der Waals surface area contributed by atoms with Crippen LogP contribution in [0.5, 0.6) is 0 Å². The van der Waals surface area contributed by atoms with Gasteiger partial charge in [0.25, 0.3) is 0 Å². The van der Waals surface area contributed by atoms with E-state index < -0.39 is 80.6 Å². The van der Waals surface area contributed by atoms with E-state index in [2.05, 4.69) is 4.98 Å². The Labute approximate surface area is 321 Å². The maximum atomic E-state index is 15.2. The number of alkyl halides is 2. The van der Waals surface area contributed by atoms with Gasteiger partial charge < -0.3 is 33.7 Å². The van der Waals surface area contributed by atoms with Gasteiger partial charge in [0.2, 0.25) is 6.23 Å². The van der Waals surface area contributed by atoms with Gasteiger partial charge in [-0.15, -0.1) is 0 Å². The van der Waals surface area contributed by atoms with Crippen molar-refractivity contribution in [1.29, 1.82) is 0 Å². The summed E-state index contributed by atoms with van der Waals surface area (Å²) in [6.45, 7) is 13.4. The molecular formula is C31H51F2N3O12P2S3. The highest BCUT2D eigenvalue weighted by molar-refractivity contribution is 8.14. The van der Waals surface area contributed by atoms with Crippen LogP contribution in [0.4, 0.5) is 14.6 Å². The molecule has 0 aliphatic carbocycles. The lowest BCUT2D eigenvalue weighted by Crippen LogP contribution is -2.42. The smallest absolute Gasteiger partial charge is 0.351 e. The average molecular weight is 854 g/mol. The highest BCUT2D eigenvalue weighted by Crippen LogP contribution is 2.64. The number of thioether (sulfide) groups is 3. The highest BCUT2D eigenvalue weighted by atomic mass is 32.2. The second-order valence-corrected chi connectivity index (χ2v) is 22.8. The van der Waals surface area contributed by atoms with Crippen molar-refractivity contribution in [1.82, 2.24) is 9.55 Å². The summed E-state index contributed by atoms with van der Waals surface area (Å²) in [4.78, 5) is 53.0. The summed E-state index contributed by atoms with van der Waals surface area (Å²) in [6, 6.07) is 1.08. The third-order valence-electron chi connectivity index (χ3n) is 6.92. The van der Waals surface area contributed by atoms with Gasteiger partial charge in [0, 0.05) is 39.7 Å². The molecule has 0 spiro atoms. The van der Waals surface area contributed by atoms with Gasteiger partial charge in [0.1, 0.15) is 11.9 Å². The average Bonchev–Trinajstić information content (AvgIpc) is 3.24. The van der Waals surface area contributed by atoms with E-state index in [-0.39, 0.29) is 51.6 Å². The minimum absolute atomic E-state index is 0.0255. The second kappa shape index (κ2) is 19.3. The Morgan fingerprint density at radius 2 is 1.25 bits per heavy atom. The summed E-state index contributed by atoms with van der Waals surface area (Å²) in [5.74, 6) is -5.29. The maximum absolute atomic E-state index is 15.2. The van der Waals surface area contributed by atoms with E-state index in [1.807, 2.05) is 0 Å². The lowest BCUT2D eigenvalue weighted by molar-refractivity contribution is -0.140. The number of aliphatic hydroxyl groups is 1. The number of halogens is 2. The van der Waals surface area contributed by atoms with Gasteiger partial charge in [0.05, 0.1) is 26.4 Å².